The number of benzene rings is 1. The zero-order valence-corrected chi connectivity index (χ0v) is 16.1. The number of carbonyl (C=O) groups is 2. The Morgan fingerprint density at radius 2 is 1.96 bits per heavy atom. The fourth-order valence-electron chi connectivity index (χ4n) is 2.33. The molecule has 0 atom stereocenters. The van der Waals surface area contributed by atoms with Crippen LogP contribution in [-0.4, -0.2) is 17.5 Å². The summed E-state index contributed by atoms with van der Waals surface area (Å²) in [5, 5.41) is 6.94. The van der Waals surface area contributed by atoms with Crippen LogP contribution in [0.2, 0.25) is 4.34 Å². The maximum Gasteiger partial charge on any atom is 0.274 e. The second-order valence-electron chi connectivity index (χ2n) is 5.67. The topological polar surface area (TPSA) is 83.7 Å². The van der Waals surface area contributed by atoms with Crippen LogP contribution in [0.3, 0.4) is 0 Å². The van der Waals surface area contributed by atoms with Gasteiger partial charge in [0.25, 0.3) is 11.8 Å². The van der Waals surface area contributed by atoms with E-state index in [0.717, 1.165) is 5.56 Å². The molecule has 0 aliphatic rings. The number of hydrogen-bond donors (Lipinski definition) is 2. The van der Waals surface area contributed by atoms with Gasteiger partial charge in [-0.15, -0.1) is 11.3 Å². The fourth-order valence-corrected chi connectivity index (χ4v) is 3.27. The van der Waals surface area contributed by atoms with E-state index >= 15 is 0 Å². The van der Waals surface area contributed by atoms with Gasteiger partial charge in [0, 0.05) is 5.69 Å². The second kappa shape index (κ2) is 8.20. The third-order valence-electron chi connectivity index (χ3n) is 3.76. The van der Waals surface area contributed by atoms with E-state index in [4.69, 9.17) is 16.0 Å². The molecule has 0 fully saturated rings. The van der Waals surface area contributed by atoms with Crippen LogP contribution in [0.15, 0.2) is 58.2 Å². The third-order valence-corrected chi connectivity index (χ3v) is 4.99. The Kier molecular flexibility index (Phi) is 5.73. The summed E-state index contributed by atoms with van der Waals surface area (Å²) < 4.78 is 5.67. The Hall–Kier alpha value is -2.90. The van der Waals surface area contributed by atoms with E-state index in [2.05, 4.69) is 15.8 Å². The minimum atomic E-state index is -0.348. The molecule has 27 heavy (non-hydrogen) atoms. The van der Waals surface area contributed by atoms with Gasteiger partial charge in [-0.2, -0.15) is 5.10 Å². The molecule has 0 aliphatic heterocycles. The van der Waals surface area contributed by atoms with Crippen molar-refractivity contribution >= 4 is 46.2 Å². The van der Waals surface area contributed by atoms with Gasteiger partial charge in [-0.3, -0.25) is 9.59 Å². The molecule has 2 N–H and O–H groups in total. The first-order chi connectivity index (χ1) is 12.9. The summed E-state index contributed by atoms with van der Waals surface area (Å²) in [4.78, 5) is 24.8. The number of nitrogens with zero attached hydrogens (tertiary/aromatic N) is 1. The predicted molar refractivity (Wildman–Crippen MR) is 107 cm³/mol. The summed E-state index contributed by atoms with van der Waals surface area (Å²) >= 11 is 7.07. The first-order valence-electron chi connectivity index (χ1n) is 8.00. The maximum atomic E-state index is 12.2. The first-order valence-corrected chi connectivity index (χ1v) is 9.19. The van der Waals surface area contributed by atoms with E-state index in [0.29, 0.717) is 31.9 Å². The molecular formula is C19H16ClN3O3S. The molecule has 0 saturated carbocycles. The smallest absolute Gasteiger partial charge is 0.274 e. The highest BCUT2D eigenvalue weighted by Crippen LogP contribution is 2.22. The molecule has 6 nitrogen and oxygen atoms in total. The zero-order chi connectivity index (χ0) is 19.4. The van der Waals surface area contributed by atoms with Crippen LogP contribution in [0.4, 0.5) is 5.69 Å². The number of nitrogens with one attached hydrogen (secondary N) is 2. The number of halogens is 1. The van der Waals surface area contributed by atoms with Crippen molar-refractivity contribution in [3.63, 3.8) is 0 Å². The number of rotatable bonds is 5. The normalized spacial score (nSPS) is 11.3. The Bertz CT molecular complexity index is 1020. The average Bonchev–Trinajstić information content (AvgIpc) is 3.28. The highest BCUT2D eigenvalue weighted by Gasteiger charge is 2.12. The van der Waals surface area contributed by atoms with Crippen molar-refractivity contribution in [3.8, 4) is 0 Å². The molecular weight excluding hydrogens is 386 g/mol. The molecule has 3 aromatic rings. The quantitative estimate of drug-likeness (QED) is 0.479. The highest BCUT2D eigenvalue weighted by atomic mass is 35.5. The van der Waals surface area contributed by atoms with Crippen molar-refractivity contribution in [1.82, 2.24) is 5.43 Å². The molecule has 0 bridgehead atoms. The van der Waals surface area contributed by atoms with Gasteiger partial charge in [0.05, 0.1) is 26.8 Å². The third kappa shape index (κ3) is 4.64. The molecule has 2 heterocycles. The molecule has 0 aliphatic carbocycles. The number of hydrazone groups is 1. The van der Waals surface area contributed by atoms with E-state index in [1.807, 2.05) is 6.07 Å². The van der Waals surface area contributed by atoms with Crippen molar-refractivity contribution in [2.45, 2.75) is 13.8 Å². The van der Waals surface area contributed by atoms with Crippen LogP contribution in [-0.2, 0) is 0 Å². The van der Waals surface area contributed by atoms with Crippen LogP contribution in [0, 0.1) is 6.92 Å². The summed E-state index contributed by atoms with van der Waals surface area (Å²) in [6.07, 6.45) is 1.45. The SMILES string of the molecule is C/C(=N\NC(=O)c1ccoc1C)c1cccc(NC(=O)c2ccc(Cl)s2)c1. The molecule has 0 spiro atoms. The van der Waals surface area contributed by atoms with Gasteiger partial charge < -0.3 is 9.73 Å². The number of thiophene rings is 1. The maximum absolute atomic E-state index is 12.2. The molecule has 2 aromatic heterocycles. The van der Waals surface area contributed by atoms with Gasteiger partial charge in [-0.25, -0.2) is 5.43 Å². The Balaban J connectivity index is 1.69. The molecule has 2 amide bonds. The minimum Gasteiger partial charge on any atom is -0.469 e. The number of carbonyl (C=O) groups excluding carboxylic acids is 2. The largest absolute Gasteiger partial charge is 0.469 e. The summed E-state index contributed by atoms with van der Waals surface area (Å²) in [5.41, 5.74) is 4.92. The van der Waals surface area contributed by atoms with Gasteiger partial charge in [0.1, 0.15) is 5.76 Å². The summed E-state index contributed by atoms with van der Waals surface area (Å²) in [6.45, 7) is 3.47. The predicted octanol–water partition coefficient (Wildman–Crippen LogP) is 4.71. The zero-order valence-electron chi connectivity index (χ0n) is 14.6. The Labute approximate surface area is 164 Å². The monoisotopic (exact) mass is 401 g/mol. The molecule has 0 saturated heterocycles. The van der Waals surface area contributed by atoms with E-state index in [-0.39, 0.29) is 11.8 Å². The minimum absolute atomic E-state index is 0.234. The number of anilines is 1. The van der Waals surface area contributed by atoms with Crippen LogP contribution in [0.1, 0.15) is 38.3 Å². The van der Waals surface area contributed by atoms with Crippen molar-refractivity contribution in [2.24, 2.45) is 5.10 Å². The number of furan rings is 1. The van der Waals surface area contributed by atoms with Gasteiger partial charge in [-0.1, -0.05) is 23.7 Å². The van der Waals surface area contributed by atoms with Crippen LogP contribution in [0.5, 0.6) is 0 Å². The van der Waals surface area contributed by atoms with Gasteiger partial charge in [-0.05, 0) is 49.7 Å². The lowest BCUT2D eigenvalue weighted by Crippen LogP contribution is -2.19. The van der Waals surface area contributed by atoms with Crippen LogP contribution < -0.4 is 10.7 Å². The van der Waals surface area contributed by atoms with Gasteiger partial charge in [0.15, 0.2) is 0 Å². The van der Waals surface area contributed by atoms with Gasteiger partial charge in [0.2, 0.25) is 0 Å². The lowest BCUT2D eigenvalue weighted by molar-refractivity contribution is 0.0952. The van der Waals surface area contributed by atoms with Crippen molar-refractivity contribution in [1.29, 1.82) is 0 Å². The van der Waals surface area contributed by atoms with Crippen LogP contribution >= 0.6 is 22.9 Å². The van der Waals surface area contributed by atoms with Gasteiger partial charge >= 0.3 is 0 Å². The summed E-state index contributed by atoms with van der Waals surface area (Å²) in [7, 11) is 0. The van der Waals surface area contributed by atoms with Crippen molar-refractivity contribution in [2.75, 3.05) is 5.32 Å². The lowest BCUT2D eigenvalue weighted by Gasteiger charge is -2.07. The van der Waals surface area contributed by atoms with E-state index in [9.17, 15) is 9.59 Å². The lowest BCUT2D eigenvalue weighted by atomic mass is 10.1. The summed E-state index contributed by atoms with van der Waals surface area (Å²) in [6, 6.07) is 12.1. The molecule has 8 heteroatoms. The first kappa shape index (κ1) is 18.9. The Morgan fingerprint density at radius 3 is 2.63 bits per heavy atom. The standard InChI is InChI=1S/C19H16ClN3O3S/c1-11(22-23-18(24)15-8-9-26-12(15)2)13-4-3-5-14(10-13)21-19(25)16-6-7-17(20)27-16/h3-10H,1-2H3,(H,21,25)(H,23,24)/b22-11+. The number of amides is 2. The molecule has 3 rings (SSSR count). The van der Waals surface area contributed by atoms with Crippen molar-refractivity contribution in [3.05, 3.63) is 74.8 Å². The molecule has 1 aromatic carbocycles. The highest BCUT2D eigenvalue weighted by molar-refractivity contribution is 7.18. The fraction of sp³-hybridized carbons (Fsp3) is 0.105. The average molecular weight is 402 g/mol. The number of aryl methyl sites for hydroxylation is 1. The van der Waals surface area contributed by atoms with E-state index in [1.54, 1.807) is 50.2 Å². The van der Waals surface area contributed by atoms with Crippen molar-refractivity contribution < 1.29 is 14.0 Å². The number of hydrogen-bond acceptors (Lipinski definition) is 5. The molecule has 0 radical (unpaired) electrons. The van der Waals surface area contributed by atoms with E-state index in [1.165, 1.54) is 17.6 Å². The molecule has 138 valence electrons. The van der Waals surface area contributed by atoms with Crippen LogP contribution in [0.25, 0.3) is 0 Å². The summed E-state index contributed by atoms with van der Waals surface area (Å²) in [5.74, 6) is -0.0549. The Morgan fingerprint density at radius 1 is 1.15 bits per heavy atom. The second-order valence-corrected chi connectivity index (χ2v) is 7.38. The van der Waals surface area contributed by atoms with E-state index < -0.39 is 0 Å². The molecule has 0 unspecified atom stereocenters.